The normalized spacial score (nSPS) is 10.7. The Kier molecular flexibility index (Phi) is 3.31. The van der Waals surface area contributed by atoms with Crippen molar-refractivity contribution in [2.45, 2.75) is 6.54 Å². The van der Waals surface area contributed by atoms with E-state index >= 15 is 0 Å². The van der Waals surface area contributed by atoms with Gasteiger partial charge in [0, 0.05) is 30.3 Å². The molecule has 0 unspecified atom stereocenters. The fraction of sp³-hybridized carbons (Fsp3) is 0.125. The molecule has 0 radical (unpaired) electrons. The van der Waals surface area contributed by atoms with Crippen molar-refractivity contribution in [1.29, 1.82) is 0 Å². The second-order valence-corrected chi connectivity index (χ2v) is 4.76. The van der Waals surface area contributed by atoms with Gasteiger partial charge >= 0.3 is 0 Å². The third kappa shape index (κ3) is 2.45. The van der Waals surface area contributed by atoms with Gasteiger partial charge in [0.2, 0.25) is 0 Å². The zero-order chi connectivity index (χ0) is 14.8. The highest BCUT2D eigenvalue weighted by molar-refractivity contribution is 5.86. The van der Waals surface area contributed by atoms with E-state index in [1.807, 2.05) is 36.5 Å². The summed E-state index contributed by atoms with van der Waals surface area (Å²) in [6.07, 6.45) is 1.96. The van der Waals surface area contributed by atoms with Crippen LogP contribution in [0.25, 0.3) is 10.9 Å². The van der Waals surface area contributed by atoms with Gasteiger partial charge in [-0.25, -0.2) is 0 Å². The summed E-state index contributed by atoms with van der Waals surface area (Å²) in [4.78, 5) is 10.5. The first-order valence-corrected chi connectivity index (χ1v) is 6.54. The second kappa shape index (κ2) is 5.28. The van der Waals surface area contributed by atoms with Crippen molar-refractivity contribution in [2.75, 3.05) is 7.11 Å². The first kappa shape index (κ1) is 13.2. The minimum absolute atomic E-state index is 0.113. The van der Waals surface area contributed by atoms with Crippen LogP contribution in [0.3, 0.4) is 0 Å². The van der Waals surface area contributed by atoms with Crippen LogP contribution in [0.1, 0.15) is 5.56 Å². The molecule has 5 nitrogen and oxygen atoms in total. The first-order valence-electron chi connectivity index (χ1n) is 6.54. The molecule has 1 heterocycles. The maximum atomic E-state index is 10.8. The molecule has 0 saturated heterocycles. The Hall–Kier alpha value is -2.82. The topological polar surface area (TPSA) is 57.3 Å². The molecule has 0 spiro atoms. The number of rotatable bonds is 4. The first-order chi connectivity index (χ1) is 10.2. The Bertz CT molecular complexity index is 808. The lowest BCUT2D eigenvalue weighted by atomic mass is 10.2. The minimum Gasteiger partial charge on any atom is -0.496 e. The van der Waals surface area contributed by atoms with Gasteiger partial charge in [-0.15, -0.1) is 0 Å². The molecule has 0 saturated carbocycles. The molecule has 1 aromatic heterocycles. The standard InChI is InChI=1S/C16H14N2O3/c1-21-16-7-3-6-15-14(16)8-9-17(15)11-12-4-2-5-13(10-12)18(19)20/h2-10H,11H2,1H3. The van der Waals surface area contributed by atoms with Gasteiger partial charge in [-0.3, -0.25) is 10.1 Å². The predicted molar refractivity (Wildman–Crippen MR) is 80.7 cm³/mol. The van der Waals surface area contributed by atoms with Crippen molar-refractivity contribution >= 4 is 16.6 Å². The van der Waals surface area contributed by atoms with E-state index in [9.17, 15) is 10.1 Å². The fourth-order valence-electron chi connectivity index (χ4n) is 2.48. The van der Waals surface area contributed by atoms with Crippen LogP contribution in [0.15, 0.2) is 54.7 Å². The number of benzene rings is 2. The molecule has 0 amide bonds. The van der Waals surface area contributed by atoms with E-state index in [1.165, 1.54) is 6.07 Å². The SMILES string of the molecule is COc1cccc2c1ccn2Cc1cccc([N+](=O)[O-])c1. The largest absolute Gasteiger partial charge is 0.496 e. The number of nitro groups is 1. The van der Waals surface area contributed by atoms with E-state index < -0.39 is 0 Å². The molecule has 0 aliphatic heterocycles. The monoisotopic (exact) mass is 282 g/mol. The van der Waals surface area contributed by atoms with Gasteiger partial charge < -0.3 is 9.30 Å². The van der Waals surface area contributed by atoms with E-state index in [0.717, 1.165) is 22.2 Å². The van der Waals surface area contributed by atoms with Gasteiger partial charge in [-0.05, 0) is 23.8 Å². The Morgan fingerprint density at radius 2 is 2.00 bits per heavy atom. The maximum absolute atomic E-state index is 10.8. The Labute approximate surface area is 121 Å². The van der Waals surface area contributed by atoms with Crippen LogP contribution in [-0.4, -0.2) is 16.6 Å². The van der Waals surface area contributed by atoms with Crippen molar-refractivity contribution in [3.8, 4) is 5.75 Å². The number of methoxy groups -OCH3 is 1. The van der Waals surface area contributed by atoms with Crippen LogP contribution >= 0.6 is 0 Å². The average molecular weight is 282 g/mol. The average Bonchev–Trinajstić information content (AvgIpc) is 2.90. The predicted octanol–water partition coefficient (Wildman–Crippen LogP) is 3.61. The highest BCUT2D eigenvalue weighted by Crippen LogP contribution is 2.27. The lowest BCUT2D eigenvalue weighted by molar-refractivity contribution is -0.384. The molecule has 0 atom stereocenters. The molecule has 5 heteroatoms. The van der Waals surface area contributed by atoms with Crippen LogP contribution < -0.4 is 4.74 Å². The van der Waals surface area contributed by atoms with Gasteiger partial charge in [0.15, 0.2) is 0 Å². The van der Waals surface area contributed by atoms with Gasteiger partial charge in [0.1, 0.15) is 5.75 Å². The third-order valence-electron chi connectivity index (χ3n) is 3.47. The fourth-order valence-corrected chi connectivity index (χ4v) is 2.48. The summed E-state index contributed by atoms with van der Waals surface area (Å²) in [5.41, 5.74) is 2.05. The van der Waals surface area contributed by atoms with E-state index in [2.05, 4.69) is 4.57 Å². The van der Waals surface area contributed by atoms with Crippen molar-refractivity contribution in [1.82, 2.24) is 4.57 Å². The van der Waals surface area contributed by atoms with E-state index in [-0.39, 0.29) is 10.6 Å². The second-order valence-electron chi connectivity index (χ2n) is 4.76. The van der Waals surface area contributed by atoms with Gasteiger partial charge in [0.05, 0.1) is 17.5 Å². The Morgan fingerprint density at radius 1 is 1.19 bits per heavy atom. The van der Waals surface area contributed by atoms with E-state index in [1.54, 1.807) is 19.2 Å². The molecule has 0 fully saturated rings. The molecule has 3 rings (SSSR count). The number of hydrogen-bond acceptors (Lipinski definition) is 3. The van der Waals surface area contributed by atoms with Crippen molar-refractivity contribution in [3.05, 3.63) is 70.4 Å². The molecule has 21 heavy (non-hydrogen) atoms. The van der Waals surface area contributed by atoms with Gasteiger partial charge in [-0.2, -0.15) is 0 Å². The van der Waals surface area contributed by atoms with Crippen LogP contribution in [0, 0.1) is 10.1 Å². The number of nitro benzene ring substituents is 1. The number of nitrogens with zero attached hydrogens (tertiary/aromatic N) is 2. The number of fused-ring (bicyclic) bond motifs is 1. The van der Waals surface area contributed by atoms with Crippen LogP contribution in [-0.2, 0) is 6.54 Å². The lowest BCUT2D eigenvalue weighted by Gasteiger charge is -2.07. The molecule has 106 valence electrons. The van der Waals surface area contributed by atoms with Crippen LogP contribution in [0.4, 0.5) is 5.69 Å². The van der Waals surface area contributed by atoms with Crippen molar-refractivity contribution in [3.63, 3.8) is 0 Å². The minimum atomic E-state index is -0.375. The summed E-state index contributed by atoms with van der Waals surface area (Å²) >= 11 is 0. The van der Waals surface area contributed by atoms with E-state index in [0.29, 0.717) is 6.54 Å². The van der Waals surface area contributed by atoms with Crippen molar-refractivity contribution < 1.29 is 9.66 Å². The summed E-state index contributed by atoms with van der Waals surface area (Å²) in [5, 5.41) is 11.9. The smallest absolute Gasteiger partial charge is 0.269 e. The van der Waals surface area contributed by atoms with Crippen LogP contribution in [0.2, 0.25) is 0 Å². The third-order valence-corrected chi connectivity index (χ3v) is 3.47. The molecule has 3 aromatic rings. The maximum Gasteiger partial charge on any atom is 0.269 e. The summed E-state index contributed by atoms with van der Waals surface area (Å²) in [6.45, 7) is 0.582. The molecular formula is C16H14N2O3. The summed E-state index contributed by atoms with van der Waals surface area (Å²) in [7, 11) is 1.65. The lowest BCUT2D eigenvalue weighted by Crippen LogP contribution is -1.99. The number of ether oxygens (including phenoxy) is 1. The highest BCUT2D eigenvalue weighted by Gasteiger charge is 2.09. The molecule has 2 aromatic carbocycles. The zero-order valence-corrected chi connectivity index (χ0v) is 11.5. The van der Waals surface area contributed by atoms with E-state index in [4.69, 9.17) is 4.74 Å². The summed E-state index contributed by atoms with van der Waals surface area (Å²) in [6, 6.07) is 14.6. The number of aromatic nitrogens is 1. The molecule has 0 bridgehead atoms. The number of non-ortho nitro benzene ring substituents is 1. The van der Waals surface area contributed by atoms with Gasteiger partial charge in [-0.1, -0.05) is 18.2 Å². The molecular weight excluding hydrogens is 268 g/mol. The quantitative estimate of drug-likeness (QED) is 0.542. The zero-order valence-electron chi connectivity index (χ0n) is 11.5. The van der Waals surface area contributed by atoms with Crippen LogP contribution in [0.5, 0.6) is 5.75 Å². The van der Waals surface area contributed by atoms with Gasteiger partial charge in [0.25, 0.3) is 5.69 Å². The highest BCUT2D eigenvalue weighted by atomic mass is 16.6. The van der Waals surface area contributed by atoms with Crippen molar-refractivity contribution in [2.24, 2.45) is 0 Å². The number of hydrogen-bond donors (Lipinski definition) is 0. The summed E-state index contributed by atoms with van der Waals surface area (Å²) in [5.74, 6) is 0.824. The summed E-state index contributed by atoms with van der Waals surface area (Å²) < 4.78 is 7.39. The molecule has 0 N–H and O–H groups in total. The molecule has 0 aliphatic carbocycles. The Balaban J connectivity index is 1.99. The Morgan fingerprint density at radius 3 is 2.76 bits per heavy atom. The molecule has 0 aliphatic rings.